The first-order valence-corrected chi connectivity index (χ1v) is 8.44. The number of halogens is 1. The van der Waals surface area contributed by atoms with Crippen molar-refractivity contribution in [2.75, 3.05) is 19.4 Å². The van der Waals surface area contributed by atoms with Gasteiger partial charge in [-0.15, -0.1) is 0 Å². The second kappa shape index (κ2) is 6.72. The second-order valence-corrected chi connectivity index (χ2v) is 6.67. The van der Waals surface area contributed by atoms with E-state index >= 15 is 0 Å². The van der Waals surface area contributed by atoms with E-state index < -0.39 is 0 Å². The Balaban J connectivity index is 1.75. The molecule has 0 aliphatic carbocycles. The zero-order valence-electron chi connectivity index (χ0n) is 13.7. The molecule has 5 nitrogen and oxygen atoms in total. The lowest BCUT2D eigenvalue weighted by Gasteiger charge is -2.17. The van der Waals surface area contributed by atoms with Crippen molar-refractivity contribution < 1.29 is 14.3 Å². The van der Waals surface area contributed by atoms with Gasteiger partial charge in [0, 0.05) is 39.9 Å². The van der Waals surface area contributed by atoms with E-state index in [0.29, 0.717) is 34.7 Å². The summed E-state index contributed by atoms with van der Waals surface area (Å²) in [4.78, 5) is 26.7. The van der Waals surface area contributed by atoms with Crippen LogP contribution in [-0.4, -0.2) is 30.2 Å². The minimum absolute atomic E-state index is 0.157. The summed E-state index contributed by atoms with van der Waals surface area (Å²) in [5.41, 5.74) is 8.57. The highest BCUT2D eigenvalue weighted by atomic mass is 79.9. The number of ether oxygens (including phenoxy) is 1. The number of carbonyl (C=O) groups excluding carboxylic acids is 2. The maximum absolute atomic E-state index is 12.6. The maximum atomic E-state index is 12.6. The second-order valence-electron chi connectivity index (χ2n) is 5.81. The number of Topliss-reactive ketones (excluding diaryl/α,β-unsaturated/α-hetero) is 1. The summed E-state index contributed by atoms with van der Waals surface area (Å²) >= 11 is 3.45. The number of nitrogen functional groups attached to an aromatic ring is 1. The number of hydrogen-bond acceptors (Lipinski definition) is 4. The SMILES string of the molecule is C=C(CN1Cc2c(Br)ccc(N)c2C1=O)C(=O)c1ccc(OC)cc1. The van der Waals surface area contributed by atoms with Crippen molar-refractivity contribution in [3.8, 4) is 5.75 Å². The minimum atomic E-state index is -0.196. The van der Waals surface area contributed by atoms with Crippen LogP contribution in [-0.2, 0) is 6.54 Å². The van der Waals surface area contributed by atoms with E-state index in [1.54, 1.807) is 42.3 Å². The number of anilines is 1. The van der Waals surface area contributed by atoms with Gasteiger partial charge >= 0.3 is 0 Å². The fourth-order valence-electron chi connectivity index (χ4n) is 2.84. The Labute approximate surface area is 154 Å². The maximum Gasteiger partial charge on any atom is 0.256 e. The number of amides is 1. The third kappa shape index (κ3) is 3.17. The molecule has 0 aromatic heterocycles. The van der Waals surface area contributed by atoms with E-state index in [-0.39, 0.29) is 18.2 Å². The molecule has 0 bridgehead atoms. The Morgan fingerprint density at radius 3 is 2.56 bits per heavy atom. The van der Waals surface area contributed by atoms with Crippen LogP contribution in [0.15, 0.2) is 53.0 Å². The fourth-order valence-corrected chi connectivity index (χ4v) is 3.30. The molecule has 0 saturated carbocycles. The molecule has 128 valence electrons. The van der Waals surface area contributed by atoms with E-state index in [2.05, 4.69) is 22.5 Å². The number of nitrogens with zero attached hydrogens (tertiary/aromatic N) is 1. The van der Waals surface area contributed by atoms with Crippen molar-refractivity contribution >= 4 is 33.3 Å². The summed E-state index contributed by atoms with van der Waals surface area (Å²) in [6.45, 7) is 4.42. The zero-order valence-corrected chi connectivity index (χ0v) is 15.3. The van der Waals surface area contributed by atoms with Crippen molar-refractivity contribution in [2.45, 2.75) is 6.54 Å². The molecule has 0 unspecified atom stereocenters. The van der Waals surface area contributed by atoms with Gasteiger partial charge in [0.25, 0.3) is 5.91 Å². The number of rotatable bonds is 5. The number of ketones is 1. The lowest BCUT2D eigenvalue weighted by molar-refractivity contribution is 0.0789. The first kappa shape index (κ1) is 17.2. The van der Waals surface area contributed by atoms with Crippen LogP contribution < -0.4 is 10.5 Å². The van der Waals surface area contributed by atoms with Gasteiger partial charge in [0.1, 0.15) is 5.75 Å². The van der Waals surface area contributed by atoms with Crippen LogP contribution in [0.1, 0.15) is 26.3 Å². The Kier molecular flexibility index (Phi) is 4.63. The van der Waals surface area contributed by atoms with Crippen LogP contribution in [0, 0.1) is 0 Å². The number of methoxy groups -OCH3 is 1. The van der Waals surface area contributed by atoms with Gasteiger partial charge in [0.2, 0.25) is 0 Å². The summed E-state index contributed by atoms with van der Waals surface area (Å²) < 4.78 is 5.92. The van der Waals surface area contributed by atoms with Crippen LogP contribution in [0.3, 0.4) is 0 Å². The number of fused-ring (bicyclic) bond motifs is 1. The molecule has 0 saturated heterocycles. The summed E-state index contributed by atoms with van der Waals surface area (Å²) in [6.07, 6.45) is 0. The first-order valence-electron chi connectivity index (χ1n) is 7.65. The van der Waals surface area contributed by atoms with Crippen molar-refractivity contribution in [1.29, 1.82) is 0 Å². The minimum Gasteiger partial charge on any atom is -0.497 e. The Morgan fingerprint density at radius 1 is 1.28 bits per heavy atom. The van der Waals surface area contributed by atoms with Crippen LogP contribution in [0.4, 0.5) is 5.69 Å². The van der Waals surface area contributed by atoms with E-state index in [4.69, 9.17) is 10.5 Å². The standard InChI is InChI=1S/C19H17BrN2O3/c1-11(18(23)12-3-5-13(25-2)6-4-12)9-22-10-14-15(20)7-8-16(21)17(14)19(22)24/h3-8H,1,9-10,21H2,2H3. The molecule has 2 aromatic rings. The topological polar surface area (TPSA) is 72.6 Å². The number of nitrogens with two attached hydrogens (primary N) is 1. The molecule has 1 aliphatic heterocycles. The normalized spacial score (nSPS) is 12.9. The summed E-state index contributed by atoms with van der Waals surface area (Å²) in [5, 5.41) is 0. The van der Waals surface area contributed by atoms with Crippen molar-refractivity contribution in [3.05, 3.63) is 69.7 Å². The van der Waals surface area contributed by atoms with Gasteiger partial charge in [0.15, 0.2) is 5.78 Å². The lowest BCUT2D eigenvalue weighted by atomic mass is 10.0. The lowest BCUT2D eigenvalue weighted by Crippen LogP contribution is -2.28. The number of hydrogen-bond donors (Lipinski definition) is 1. The molecular formula is C19H17BrN2O3. The van der Waals surface area contributed by atoms with Crippen LogP contribution in [0.5, 0.6) is 5.75 Å². The Bertz CT molecular complexity index is 875. The average Bonchev–Trinajstić information content (AvgIpc) is 2.95. The van der Waals surface area contributed by atoms with Crippen molar-refractivity contribution in [2.24, 2.45) is 0 Å². The highest BCUT2D eigenvalue weighted by molar-refractivity contribution is 9.10. The predicted molar refractivity (Wildman–Crippen MR) is 99.8 cm³/mol. The van der Waals surface area contributed by atoms with Gasteiger partial charge in [-0.3, -0.25) is 9.59 Å². The third-order valence-corrected chi connectivity index (χ3v) is 4.94. The van der Waals surface area contributed by atoms with Gasteiger partial charge in [0.05, 0.1) is 12.7 Å². The molecule has 1 heterocycles. The van der Waals surface area contributed by atoms with Crippen molar-refractivity contribution in [3.63, 3.8) is 0 Å². The van der Waals surface area contributed by atoms with Crippen LogP contribution in [0.2, 0.25) is 0 Å². The molecule has 0 radical (unpaired) electrons. The predicted octanol–water partition coefficient (Wildman–Crippen LogP) is 3.43. The number of carbonyl (C=O) groups is 2. The zero-order chi connectivity index (χ0) is 18.1. The van der Waals surface area contributed by atoms with Crippen LogP contribution in [0.25, 0.3) is 0 Å². The molecule has 0 atom stereocenters. The molecule has 2 N–H and O–H groups in total. The molecule has 3 rings (SSSR count). The first-order chi connectivity index (χ1) is 11.9. The van der Waals surface area contributed by atoms with E-state index in [9.17, 15) is 9.59 Å². The largest absolute Gasteiger partial charge is 0.497 e. The highest BCUT2D eigenvalue weighted by Gasteiger charge is 2.32. The average molecular weight is 401 g/mol. The molecule has 1 aliphatic rings. The monoisotopic (exact) mass is 400 g/mol. The van der Waals surface area contributed by atoms with Gasteiger partial charge < -0.3 is 15.4 Å². The van der Waals surface area contributed by atoms with Gasteiger partial charge in [-0.25, -0.2) is 0 Å². The van der Waals surface area contributed by atoms with Crippen molar-refractivity contribution in [1.82, 2.24) is 4.90 Å². The summed E-state index contributed by atoms with van der Waals surface area (Å²) in [6, 6.07) is 10.3. The summed E-state index contributed by atoms with van der Waals surface area (Å²) in [5.74, 6) is 0.295. The molecular weight excluding hydrogens is 384 g/mol. The molecule has 6 heteroatoms. The molecule has 25 heavy (non-hydrogen) atoms. The number of benzene rings is 2. The van der Waals surface area contributed by atoms with E-state index in [1.807, 2.05) is 6.07 Å². The summed E-state index contributed by atoms with van der Waals surface area (Å²) in [7, 11) is 1.57. The van der Waals surface area contributed by atoms with E-state index in [1.165, 1.54) is 0 Å². The quantitative estimate of drug-likeness (QED) is 0.473. The smallest absolute Gasteiger partial charge is 0.256 e. The third-order valence-electron chi connectivity index (χ3n) is 4.19. The molecule has 2 aromatic carbocycles. The molecule has 0 spiro atoms. The highest BCUT2D eigenvalue weighted by Crippen LogP contribution is 2.33. The van der Waals surface area contributed by atoms with Gasteiger partial charge in [-0.1, -0.05) is 22.5 Å². The molecule has 0 fully saturated rings. The van der Waals surface area contributed by atoms with Gasteiger partial charge in [-0.05, 0) is 36.4 Å². The molecule has 1 amide bonds. The van der Waals surface area contributed by atoms with E-state index in [0.717, 1.165) is 10.0 Å². The van der Waals surface area contributed by atoms with Gasteiger partial charge in [-0.2, -0.15) is 0 Å². The van der Waals surface area contributed by atoms with Crippen LogP contribution >= 0.6 is 15.9 Å². The Morgan fingerprint density at radius 2 is 1.96 bits per heavy atom. The Hall–Kier alpha value is -2.60. The fraction of sp³-hybridized carbons (Fsp3) is 0.158.